The van der Waals surface area contributed by atoms with E-state index in [-0.39, 0.29) is 0 Å². The molecule has 4 heteroatoms. The van der Waals surface area contributed by atoms with Crippen LogP contribution in [0.1, 0.15) is 21.7 Å². The first-order valence-electron chi connectivity index (χ1n) is 5.60. The zero-order valence-corrected chi connectivity index (χ0v) is 10.6. The molecular weight excluding hydrogens is 228 g/mol. The van der Waals surface area contributed by atoms with E-state index in [0.717, 1.165) is 23.1 Å². The zero-order chi connectivity index (χ0) is 13.1. The van der Waals surface area contributed by atoms with Crippen LogP contribution in [0.5, 0.6) is 5.75 Å². The zero-order valence-electron chi connectivity index (χ0n) is 10.6. The summed E-state index contributed by atoms with van der Waals surface area (Å²) in [5, 5.41) is 0. The molecule has 1 aromatic carbocycles. The van der Waals surface area contributed by atoms with E-state index in [1.165, 1.54) is 0 Å². The average Bonchev–Trinajstić information content (AvgIpc) is 2.37. The number of aldehydes is 1. The van der Waals surface area contributed by atoms with Crippen LogP contribution in [0.3, 0.4) is 0 Å². The Labute approximate surface area is 106 Å². The van der Waals surface area contributed by atoms with Crippen molar-refractivity contribution in [2.75, 3.05) is 7.11 Å². The van der Waals surface area contributed by atoms with Crippen LogP contribution in [0.25, 0.3) is 11.4 Å². The minimum atomic E-state index is 0.375. The van der Waals surface area contributed by atoms with E-state index in [9.17, 15) is 4.79 Å². The molecule has 1 heterocycles. The van der Waals surface area contributed by atoms with Gasteiger partial charge in [0.2, 0.25) is 0 Å². The van der Waals surface area contributed by atoms with Gasteiger partial charge >= 0.3 is 0 Å². The summed E-state index contributed by atoms with van der Waals surface area (Å²) in [7, 11) is 1.61. The van der Waals surface area contributed by atoms with E-state index in [0.29, 0.717) is 17.3 Å². The average molecular weight is 242 g/mol. The third-order valence-electron chi connectivity index (χ3n) is 2.59. The first-order valence-corrected chi connectivity index (χ1v) is 5.60. The molecule has 92 valence electrons. The minimum Gasteiger partial charge on any atom is -0.496 e. The van der Waals surface area contributed by atoms with Gasteiger partial charge < -0.3 is 4.74 Å². The van der Waals surface area contributed by atoms with E-state index < -0.39 is 0 Å². The topological polar surface area (TPSA) is 52.1 Å². The number of carbonyl (C=O) groups is 1. The van der Waals surface area contributed by atoms with E-state index in [2.05, 4.69) is 9.97 Å². The number of benzene rings is 1. The van der Waals surface area contributed by atoms with Crippen LogP contribution in [0.4, 0.5) is 0 Å². The fraction of sp³-hybridized carbons (Fsp3) is 0.214. The van der Waals surface area contributed by atoms with Crippen molar-refractivity contribution in [1.82, 2.24) is 9.97 Å². The molecule has 18 heavy (non-hydrogen) atoms. The van der Waals surface area contributed by atoms with Crippen LogP contribution in [0.2, 0.25) is 0 Å². The molecule has 0 fully saturated rings. The van der Waals surface area contributed by atoms with Crippen molar-refractivity contribution in [1.29, 1.82) is 0 Å². The lowest BCUT2D eigenvalue weighted by Crippen LogP contribution is -1.98. The largest absolute Gasteiger partial charge is 0.496 e. The second kappa shape index (κ2) is 4.96. The molecule has 2 rings (SSSR count). The maximum atomic E-state index is 10.8. The predicted molar refractivity (Wildman–Crippen MR) is 68.9 cm³/mol. The van der Waals surface area contributed by atoms with Crippen LogP contribution in [-0.4, -0.2) is 23.4 Å². The minimum absolute atomic E-state index is 0.375. The van der Waals surface area contributed by atoms with Crippen molar-refractivity contribution in [3.8, 4) is 17.1 Å². The van der Waals surface area contributed by atoms with Crippen LogP contribution < -0.4 is 4.74 Å². The molecule has 4 nitrogen and oxygen atoms in total. The molecule has 0 amide bonds. The highest BCUT2D eigenvalue weighted by atomic mass is 16.5. The van der Waals surface area contributed by atoms with E-state index >= 15 is 0 Å². The standard InChI is InChI=1S/C14H14N2O2/c1-9-4-5-12(13(6-9)18-3)14-15-10(2)7-11(8-17)16-14/h4-8H,1-3H3. The third-order valence-corrected chi connectivity index (χ3v) is 2.59. The summed E-state index contributed by atoms with van der Waals surface area (Å²) in [6.45, 7) is 3.82. The van der Waals surface area contributed by atoms with E-state index in [1.54, 1.807) is 13.2 Å². The van der Waals surface area contributed by atoms with Crippen LogP contribution in [0.15, 0.2) is 24.3 Å². The summed E-state index contributed by atoms with van der Waals surface area (Å²) in [4.78, 5) is 19.4. The first-order chi connectivity index (χ1) is 8.63. The highest BCUT2D eigenvalue weighted by Crippen LogP contribution is 2.28. The number of nitrogens with zero attached hydrogens (tertiary/aromatic N) is 2. The Morgan fingerprint density at radius 3 is 2.61 bits per heavy atom. The van der Waals surface area contributed by atoms with Crippen LogP contribution >= 0.6 is 0 Å². The SMILES string of the molecule is COc1cc(C)ccc1-c1nc(C)cc(C=O)n1. The van der Waals surface area contributed by atoms with Gasteiger partial charge in [0.05, 0.1) is 12.7 Å². The summed E-state index contributed by atoms with van der Waals surface area (Å²) in [6, 6.07) is 7.43. The molecule has 0 saturated carbocycles. The molecule has 2 aromatic rings. The van der Waals surface area contributed by atoms with Crippen molar-refractivity contribution in [2.24, 2.45) is 0 Å². The quantitative estimate of drug-likeness (QED) is 0.776. The van der Waals surface area contributed by atoms with Gasteiger partial charge in [-0.15, -0.1) is 0 Å². The van der Waals surface area contributed by atoms with Crippen LogP contribution in [0, 0.1) is 13.8 Å². The molecule has 0 spiro atoms. The number of aromatic nitrogens is 2. The smallest absolute Gasteiger partial charge is 0.168 e. The lowest BCUT2D eigenvalue weighted by atomic mass is 10.1. The Balaban J connectivity index is 2.61. The first kappa shape index (κ1) is 12.2. The maximum absolute atomic E-state index is 10.8. The molecule has 0 unspecified atom stereocenters. The lowest BCUT2D eigenvalue weighted by molar-refractivity contribution is 0.111. The summed E-state index contributed by atoms with van der Waals surface area (Å²) in [6.07, 6.45) is 0.721. The summed E-state index contributed by atoms with van der Waals surface area (Å²) in [5.74, 6) is 1.21. The van der Waals surface area contributed by atoms with Crippen molar-refractivity contribution < 1.29 is 9.53 Å². The summed E-state index contributed by atoms with van der Waals surface area (Å²) in [5.41, 5.74) is 3.01. The lowest BCUT2D eigenvalue weighted by Gasteiger charge is -2.09. The molecule has 0 aliphatic rings. The molecule has 0 aliphatic heterocycles. The van der Waals surface area contributed by atoms with Crippen molar-refractivity contribution >= 4 is 6.29 Å². The number of carbonyl (C=O) groups excluding carboxylic acids is 1. The molecule has 0 aliphatic carbocycles. The second-order valence-corrected chi connectivity index (χ2v) is 4.08. The van der Waals surface area contributed by atoms with Crippen molar-refractivity contribution in [2.45, 2.75) is 13.8 Å². The molecule has 0 saturated heterocycles. The number of aryl methyl sites for hydroxylation is 2. The number of rotatable bonds is 3. The van der Waals surface area contributed by atoms with E-state index in [4.69, 9.17) is 4.74 Å². The van der Waals surface area contributed by atoms with Crippen LogP contribution in [-0.2, 0) is 0 Å². The summed E-state index contributed by atoms with van der Waals surface area (Å²) < 4.78 is 5.33. The Kier molecular flexibility index (Phi) is 3.37. The Hall–Kier alpha value is -2.23. The molecule has 0 atom stereocenters. The molecule has 0 radical (unpaired) electrons. The third kappa shape index (κ3) is 2.37. The number of hydrogen-bond donors (Lipinski definition) is 0. The van der Waals surface area contributed by atoms with Gasteiger partial charge in [0, 0.05) is 5.69 Å². The van der Waals surface area contributed by atoms with Gasteiger partial charge in [-0.05, 0) is 37.6 Å². The molecule has 1 aromatic heterocycles. The molecule has 0 N–H and O–H groups in total. The molecular formula is C14H14N2O2. The van der Waals surface area contributed by atoms with Gasteiger partial charge in [-0.1, -0.05) is 6.07 Å². The van der Waals surface area contributed by atoms with E-state index in [1.807, 2.05) is 32.0 Å². The van der Waals surface area contributed by atoms with Gasteiger partial charge in [0.1, 0.15) is 11.4 Å². The highest BCUT2D eigenvalue weighted by molar-refractivity contribution is 5.74. The Morgan fingerprint density at radius 2 is 1.94 bits per heavy atom. The monoisotopic (exact) mass is 242 g/mol. The summed E-state index contributed by atoms with van der Waals surface area (Å²) >= 11 is 0. The van der Waals surface area contributed by atoms with Gasteiger partial charge in [-0.3, -0.25) is 4.79 Å². The normalized spacial score (nSPS) is 10.2. The van der Waals surface area contributed by atoms with Gasteiger partial charge in [-0.2, -0.15) is 0 Å². The fourth-order valence-electron chi connectivity index (χ4n) is 1.76. The Bertz CT molecular complexity index is 594. The highest BCUT2D eigenvalue weighted by Gasteiger charge is 2.10. The molecule has 0 bridgehead atoms. The number of hydrogen-bond acceptors (Lipinski definition) is 4. The second-order valence-electron chi connectivity index (χ2n) is 4.08. The van der Waals surface area contributed by atoms with Gasteiger partial charge in [0.15, 0.2) is 12.1 Å². The van der Waals surface area contributed by atoms with Gasteiger partial charge in [-0.25, -0.2) is 9.97 Å². The Morgan fingerprint density at radius 1 is 1.17 bits per heavy atom. The van der Waals surface area contributed by atoms with Crippen molar-refractivity contribution in [3.63, 3.8) is 0 Å². The number of ether oxygens (including phenoxy) is 1. The number of methoxy groups -OCH3 is 1. The van der Waals surface area contributed by atoms with Crippen molar-refractivity contribution in [3.05, 3.63) is 41.2 Å². The van der Waals surface area contributed by atoms with Gasteiger partial charge in [0.25, 0.3) is 0 Å². The maximum Gasteiger partial charge on any atom is 0.168 e. The fourth-order valence-corrected chi connectivity index (χ4v) is 1.76. The predicted octanol–water partition coefficient (Wildman–Crippen LogP) is 2.58.